The molecule has 0 aliphatic rings. The van der Waals surface area contributed by atoms with Gasteiger partial charge in [-0.2, -0.15) is 0 Å². The van der Waals surface area contributed by atoms with Crippen LogP contribution in [0.5, 0.6) is 0 Å². The number of amides is 1. The molecular weight excluding hydrogens is 234 g/mol. The van der Waals surface area contributed by atoms with E-state index in [4.69, 9.17) is 5.73 Å². The summed E-state index contributed by atoms with van der Waals surface area (Å²) in [6.07, 6.45) is 1.16. The van der Waals surface area contributed by atoms with Gasteiger partial charge in [0.2, 0.25) is 5.91 Å². The Morgan fingerprint density at radius 2 is 1.53 bits per heavy atom. The summed E-state index contributed by atoms with van der Waals surface area (Å²) < 4.78 is 0. The minimum atomic E-state index is -0.262. The van der Waals surface area contributed by atoms with Crippen LogP contribution >= 0.6 is 0 Å². The normalized spacial score (nSPS) is 13.7. The highest BCUT2D eigenvalue weighted by Gasteiger charge is 2.28. The van der Waals surface area contributed by atoms with Gasteiger partial charge in [-0.1, -0.05) is 67.6 Å². The monoisotopic (exact) mass is 253 g/mol. The van der Waals surface area contributed by atoms with Crippen LogP contribution in [0, 0.1) is 0 Å². The lowest BCUT2D eigenvalue weighted by Gasteiger charge is -2.29. The van der Waals surface area contributed by atoms with E-state index in [1.165, 1.54) is 5.56 Å². The Hall–Kier alpha value is -2.09. The van der Waals surface area contributed by atoms with E-state index in [9.17, 15) is 4.79 Å². The molecule has 2 rings (SSSR count). The molecule has 2 heteroatoms. The molecule has 0 spiro atoms. The van der Waals surface area contributed by atoms with Crippen LogP contribution < -0.4 is 5.73 Å². The minimum absolute atomic E-state index is 0.256. The Kier molecular flexibility index (Phi) is 4.00. The molecule has 98 valence electrons. The Morgan fingerprint density at radius 3 is 2.05 bits per heavy atom. The van der Waals surface area contributed by atoms with E-state index < -0.39 is 0 Å². The Bertz CT molecular complexity index is 536. The largest absolute Gasteiger partial charge is 0.370 e. The fourth-order valence-electron chi connectivity index (χ4n) is 2.54. The molecule has 1 unspecified atom stereocenters. The van der Waals surface area contributed by atoms with Crippen LogP contribution in [-0.2, 0) is 16.6 Å². The fourth-order valence-corrected chi connectivity index (χ4v) is 2.54. The van der Waals surface area contributed by atoms with Crippen molar-refractivity contribution in [2.24, 2.45) is 5.73 Å². The van der Waals surface area contributed by atoms with Crippen molar-refractivity contribution in [3.8, 4) is 0 Å². The molecule has 19 heavy (non-hydrogen) atoms. The minimum Gasteiger partial charge on any atom is -0.370 e. The van der Waals surface area contributed by atoms with Crippen molar-refractivity contribution in [1.29, 1.82) is 0 Å². The average molecular weight is 253 g/mol. The van der Waals surface area contributed by atoms with Gasteiger partial charge < -0.3 is 5.73 Å². The molecule has 0 aromatic heterocycles. The Balaban J connectivity index is 2.32. The summed E-state index contributed by atoms with van der Waals surface area (Å²) in [6, 6.07) is 20.3. The van der Waals surface area contributed by atoms with Gasteiger partial charge in [0.25, 0.3) is 0 Å². The third-order valence-electron chi connectivity index (χ3n) is 3.47. The van der Waals surface area contributed by atoms with Crippen LogP contribution in [0.1, 0.15) is 24.5 Å². The predicted molar refractivity (Wildman–Crippen MR) is 77.8 cm³/mol. The smallest absolute Gasteiger partial charge is 0.218 e. The maximum absolute atomic E-state index is 11.4. The van der Waals surface area contributed by atoms with E-state index in [1.54, 1.807) is 0 Å². The second kappa shape index (κ2) is 5.70. The first-order valence-corrected chi connectivity index (χ1v) is 6.48. The Morgan fingerprint density at radius 1 is 1.00 bits per heavy atom. The molecule has 0 fully saturated rings. The predicted octanol–water partition coefficient (Wildman–Crippen LogP) is 3.06. The molecule has 0 bridgehead atoms. The zero-order valence-corrected chi connectivity index (χ0v) is 11.2. The van der Waals surface area contributed by atoms with E-state index in [1.807, 2.05) is 36.4 Å². The van der Waals surface area contributed by atoms with Gasteiger partial charge in [-0.3, -0.25) is 4.79 Å². The van der Waals surface area contributed by atoms with Gasteiger partial charge in [0.15, 0.2) is 0 Å². The van der Waals surface area contributed by atoms with Crippen LogP contribution in [0.3, 0.4) is 0 Å². The second-order valence-corrected chi connectivity index (χ2v) is 5.23. The molecule has 0 aliphatic heterocycles. The second-order valence-electron chi connectivity index (χ2n) is 5.23. The highest BCUT2D eigenvalue weighted by molar-refractivity contribution is 5.75. The summed E-state index contributed by atoms with van der Waals surface area (Å²) in [6.45, 7) is 2.10. The first kappa shape index (κ1) is 13.3. The lowest BCUT2D eigenvalue weighted by molar-refractivity contribution is -0.119. The molecule has 2 N–H and O–H groups in total. The highest BCUT2D eigenvalue weighted by atomic mass is 16.1. The summed E-state index contributed by atoms with van der Waals surface area (Å²) in [7, 11) is 0. The Labute approximate surface area is 114 Å². The number of carbonyl (C=O) groups excluding carboxylic acids is 1. The number of primary amides is 1. The molecule has 2 aromatic rings. The van der Waals surface area contributed by atoms with Gasteiger partial charge in [0.05, 0.1) is 0 Å². The zero-order chi connectivity index (χ0) is 13.7. The van der Waals surface area contributed by atoms with Gasteiger partial charge in [0.1, 0.15) is 0 Å². The van der Waals surface area contributed by atoms with E-state index >= 15 is 0 Å². The summed E-state index contributed by atoms with van der Waals surface area (Å²) >= 11 is 0. The van der Waals surface area contributed by atoms with Crippen LogP contribution in [0.4, 0.5) is 0 Å². The van der Waals surface area contributed by atoms with Gasteiger partial charge in [-0.05, 0) is 17.5 Å². The van der Waals surface area contributed by atoms with Crippen LogP contribution in [-0.4, -0.2) is 5.91 Å². The summed E-state index contributed by atoms with van der Waals surface area (Å²) in [4.78, 5) is 11.4. The molecule has 0 aliphatic carbocycles. The third-order valence-corrected chi connectivity index (χ3v) is 3.47. The average Bonchev–Trinajstić information content (AvgIpc) is 2.40. The topological polar surface area (TPSA) is 43.1 Å². The summed E-state index contributed by atoms with van der Waals surface area (Å²) in [5.74, 6) is -0.262. The van der Waals surface area contributed by atoms with Crippen LogP contribution in [0.15, 0.2) is 60.7 Å². The summed E-state index contributed by atoms with van der Waals surface area (Å²) in [5.41, 5.74) is 7.54. The number of nitrogens with two attached hydrogens (primary N) is 1. The van der Waals surface area contributed by atoms with Crippen molar-refractivity contribution >= 4 is 5.91 Å². The molecule has 0 saturated carbocycles. The maximum atomic E-state index is 11.4. The first-order chi connectivity index (χ1) is 9.10. The number of carbonyl (C=O) groups is 1. The number of benzene rings is 2. The van der Waals surface area contributed by atoms with E-state index in [-0.39, 0.29) is 11.3 Å². The number of hydrogen-bond acceptors (Lipinski definition) is 1. The lowest BCUT2D eigenvalue weighted by atomic mass is 9.74. The molecule has 0 radical (unpaired) electrons. The maximum Gasteiger partial charge on any atom is 0.218 e. The van der Waals surface area contributed by atoms with E-state index in [0.29, 0.717) is 6.42 Å². The SMILES string of the molecule is CC(CC(N)=O)(Cc1ccccc1)c1ccccc1. The molecule has 2 nitrogen and oxygen atoms in total. The van der Waals surface area contributed by atoms with E-state index in [0.717, 1.165) is 12.0 Å². The number of rotatable bonds is 5. The molecule has 0 heterocycles. The van der Waals surface area contributed by atoms with E-state index in [2.05, 4.69) is 31.2 Å². The van der Waals surface area contributed by atoms with Gasteiger partial charge in [-0.25, -0.2) is 0 Å². The molecule has 1 amide bonds. The van der Waals surface area contributed by atoms with Crippen LogP contribution in [0.25, 0.3) is 0 Å². The van der Waals surface area contributed by atoms with Gasteiger partial charge >= 0.3 is 0 Å². The van der Waals surface area contributed by atoms with Crippen molar-refractivity contribution in [3.05, 3.63) is 71.8 Å². The molecule has 2 aromatic carbocycles. The van der Waals surface area contributed by atoms with Crippen molar-refractivity contribution < 1.29 is 4.79 Å². The van der Waals surface area contributed by atoms with Crippen molar-refractivity contribution in [2.45, 2.75) is 25.2 Å². The van der Waals surface area contributed by atoms with Gasteiger partial charge in [-0.15, -0.1) is 0 Å². The lowest BCUT2D eigenvalue weighted by Crippen LogP contribution is -2.31. The summed E-state index contributed by atoms with van der Waals surface area (Å²) in [5, 5.41) is 0. The van der Waals surface area contributed by atoms with Crippen LogP contribution in [0.2, 0.25) is 0 Å². The van der Waals surface area contributed by atoms with Crippen molar-refractivity contribution in [2.75, 3.05) is 0 Å². The molecule has 0 saturated heterocycles. The third kappa shape index (κ3) is 3.44. The van der Waals surface area contributed by atoms with Crippen molar-refractivity contribution in [3.63, 3.8) is 0 Å². The first-order valence-electron chi connectivity index (χ1n) is 6.48. The molecule has 1 atom stereocenters. The highest BCUT2D eigenvalue weighted by Crippen LogP contribution is 2.31. The standard InChI is InChI=1S/C17H19NO/c1-17(13-16(18)19,15-10-6-3-7-11-15)12-14-8-4-2-5-9-14/h2-11H,12-13H2,1H3,(H2,18,19). The van der Waals surface area contributed by atoms with Gasteiger partial charge in [0, 0.05) is 11.8 Å². The number of hydrogen-bond donors (Lipinski definition) is 1. The molecular formula is C17H19NO. The zero-order valence-electron chi connectivity index (χ0n) is 11.2. The fraction of sp³-hybridized carbons (Fsp3) is 0.235. The quantitative estimate of drug-likeness (QED) is 0.874. The van der Waals surface area contributed by atoms with Crippen molar-refractivity contribution in [1.82, 2.24) is 0 Å².